The summed E-state index contributed by atoms with van der Waals surface area (Å²) in [6.45, 7) is 3.31. The maximum Gasteiger partial charge on any atom is 0.379 e. The van der Waals surface area contributed by atoms with E-state index in [0.717, 1.165) is 0 Å². The normalized spacial score (nSPS) is 22.0. The molecule has 0 saturated heterocycles. The highest BCUT2D eigenvalue weighted by Crippen LogP contribution is 2.37. The fourth-order valence-electron chi connectivity index (χ4n) is 2.57. The first-order chi connectivity index (χ1) is 12.3. The predicted molar refractivity (Wildman–Crippen MR) is 88.1 cm³/mol. The first kappa shape index (κ1) is 19.5. The molecule has 2 unspecified atom stereocenters. The number of esters is 2. The summed E-state index contributed by atoms with van der Waals surface area (Å²) in [5.41, 5.74) is 0.693. The second kappa shape index (κ2) is 8.01. The predicted octanol–water partition coefficient (Wildman–Crippen LogP) is 1.59. The summed E-state index contributed by atoms with van der Waals surface area (Å²) in [7, 11) is 0. The topological polar surface area (TPSA) is 119 Å². The van der Waals surface area contributed by atoms with Crippen molar-refractivity contribution in [2.24, 2.45) is 0 Å². The van der Waals surface area contributed by atoms with Crippen molar-refractivity contribution in [2.75, 3.05) is 13.2 Å². The summed E-state index contributed by atoms with van der Waals surface area (Å²) in [5, 5.41) is 19.6. The van der Waals surface area contributed by atoms with Gasteiger partial charge in [0.1, 0.15) is 0 Å². The molecule has 8 nitrogen and oxygen atoms in total. The van der Waals surface area contributed by atoms with E-state index in [-0.39, 0.29) is 31.0 Å². The molecule has 1 heterocycles. The second-order valence-electron chi connectivity index (χ2n) is 5.60. The minimum Gasteiger partial charge on any atom is -0.478 e. The van der Waals surface area contributed by atoms with Gasteiger partial charge in [-0.25, -0.2) is 14.4 Å². The Balaban J connectivity index is 2.38. The molecule has 1 aromatic rings. The molecular formula is C18H20O8. The smallest absolute Gasteiger partial charge is 0.379 e. The van der Waals surface area contributed by atoms with E-state index in [1.54, 1.807) is 26.0 Å². The maximum atomic E-state index is 12.1. The number of hydrogen-bond acceptors (Lipinski definition) is 7. The van der Waals surface area contributed by atoms with E-state index in [4.69, 9.17) is 19.3 Å². The lowest BCUT2D eigenvalue weighted by molar-refractivity contribution is -0.224. The van der Waals surface area contributed by atoms with E-state index in [9.17, 15) is 19.5 Å². The number of benzene rings is 1. The SMILES string of the molecule is CCOC(=O)C1=CC(c2ccc(C(=O)O)cc2)CC(O)(C(=O)OCC)O1. The molecule has 1 aliphatic rings. The Bertz CT molecular complexity index is 721. The number of aliphatic hydroxyl groups is 1. The number of carboxylic acid groups (broad SMARTS) is 1. The first-order valence-corrected chi connectivity index (χ1v) is 8.11. The molecule has 2 atom stereocenters. The molecule has 0 amide bonds. The van der Waals surface area contributed by atoms with Crippen molar-refractivity contribution in [3.63, 3.8) is 0 Å². The monoisotopic (exact) mass is 364 g/mol. The Labute approximate surface area is 150 Å². The lowest BCUT2D eigenvalue weighted by Gasteiger charge is -2.33. The van der Waals surface area contributed by atoms with E-state index in [1.807, 2.05) is 0 Å². The van der Waals surface area contributed by atoms with Crippen LogP contribution in [-0.4, -0.2) is 47.1 Å². The van der Waals surface area contributed by atoms with Gasteiger partial charge in [0.25, 0.3) is 0 Å². The highest BCUT2D eigenvalue weighted by atomic mass is 16.7. The van der Waals surface area contributed by atoms with Crippen LogP contribution in [-0.2, 0) is 23.8 Å². The number of ether oxygens (including phenoxy) is 3. The quantitative estimate of drug-likeness (QED) is 0.730. The number of carbonyl (C=O) groups is 3. The summed E-state index contributed by atoms with van der Waals surface area (Å²) >= 11 is 0. The van der Waals surface area contributed by atoms with Gasteiger partial charge in [-0.1, -0.05) is 12.1 Å². The van der Waals surface area contributed by atoms with Crippen LogP contribution in [0.3, 0.4) is 0 Å². The van der Waals surface area contributed by atoms with Gasteiger partial charge in [0.05, 0.1) is 18.8 Å². The van der Waals surface area contributed by atoms with Crippen LogP contribution in [0.4, 0.5) is 0 Å². The summed E-state index contributed by atoms with van der Waals surface area (Å²) in [5.74, 6) is -6.14. The molecule has 1 aliphatic heterocycles. The van der Waals surface area contributed by atoms with Gasteiger partial charge in [0, 0.05) is 12.3 Å². The van der Waals surface area contributed by atoms with Crippen LogP contribution in [0.1, 0.15) is 42.1 Å². The molecule has 0 aromatic heterocycles. The van der Waals surface area contributed by atoms with Crippen molar-refractivity contribution in [3.05, 3.63) is 47.2 Å². The Morgan fingerprint density at radius 1 is 1.15 bits per heavy atom. The average molecular weight is 364 g/mol. The molecule has 0 spiro atoms. The third-order valence-corrected chi connectivity index (χ3v) is 3.78. The van der Waals surface area contributed by atoms with Gasteiger partial charge in [-0.2, -0.15) is 0 Å². The van der Waals surface area contributed by atoms with E-state index < -0.39 is 29.6 Å². The van der Waals surface area contributed by atoms with Gasteiger partial charge in [-0.3, -0.25) is 0 Å². The van der Waals surface area contributed by atoms with Gasteiger partial charge < -0.3 is 24.4 Å². The standard InChI is InChI=1S/C18H20O8/c1-3-24-16(21)14-9-13(10-18(23,26-14)17(22)25-4-2)11-5-7-12(8-6-11)15(19)20/h5-9,13,23H,3-4,10H2,1-2H3,(H,19,20). The third-order valence-electron chi connectivity index (χ3n) is 3.78. The van der Waals surface area contributed by atoms with Gasteiger partial charge in [-0.05, 0) is 37.6 Å². The highest BCUT2D eigenvalue weighted by molar-refractivity contribution is 5.89. The molecule has 0 radical (unpaired) electrons. The lowest BCUT2D eigenvalue weighted by atomic mass is 9.88. The van der Waals surface area contributed by atoms with Crippen molar-refractivity contribution in [1.29, 1.82) is 0 Å². The fourth-order valence-corrected chi connectivity index (χ4v) is 2.57. The molecule has 2 N–H and O–H groups in total. The molecule has 0 bridgehead atoms. The van der Waals surface area contributed by atoms with Gasteiger partial charge >= 0.3 is 23.7 Å². The Morgan fingerprint density at radius 2 is 1.77 bits per heavy atom. The molecule has 1 aromatic carbocycles. The highest BCUT2D eigenvalue weighted by Gasteiger charge is 2.47. The van der Waals surface area contributed by atoms with Crippen LogP contribution < -0.4 is 0 Å². The van der Waals surface area contributed by atoms with Gasteiger partial charge in [0.15, 0.2) is 0 Å². The zero-order valence-electron chi connectivity index (χ0n) is 14.4. The summed E-state index contributed by atoms with van der Waals surface area (Å²) in [4.78, 5) is 35.1. The van der Waals surface area contributed by atoms with Crippen LogP contribution in [0.15, 0.2) is 36.1 Å². The molecule has 0 aliphatic carbocycles. The van der Waals surface area contributed by atoms with Crippen LogP contribution in [0, 0.1) is 0 Å². The Kier molecular flexibility index (Phi) is 5.99. The third kappa shape index (κ3) is 4.20. The molecule has 0 saturated carbocycles. The van der Waals surface area contributed by atoms with E-state index in [0.29, 0.717) is 5.56 Å². The number of carboxylic acids is 1. The van der Waals surface area contributed by atoms with Crippen LogP contribution in [0.5, 0.6) is 0 Å². The average Bonchev–Trinajstić information content (AvgIpc) is 2.61. The number of hydrogen-bond donors (Lipinski definition) is 2. The van der Waals surface area contributed by atoms with Crippen LogP contribution in [0.25, 0.3) is 0 Å². The van der Waals surface area contributed by atoms with E-state index in [2.05, 4.69) is 0 Å². The fraction of sp³-hybridized carbons (Fsp3) is 0.389. The first-order valence-electron chi connectivity index (χ1n) is 8.11. The lowest BCUT2D eigenvalue weighted by Crippen LogP contribution is -2.46. The van der Waals surface area contributed by atoms with Crippen molar-refractivity contribution in [3.8, 4) is 0 Å². The number of rotatable bonds is 6. The van der Waals surface area contributed by atoms with Gasteiger partial charge in [0.2, 0.25) is 5.76 Å². The molecule has 140 valence electrons. The molecule has 8 heteroatoms. The van der Waals surface area contributed by atoms with E-state index in [1.165, 1.54) is 18.2 Å². The summed E-state index contributed by atoms with van der Waals surface area (Å²) in [6, 6.07) is 5.89. The second-order valence-corrected chi connectivity index (χ2v) is 5.60. The molecule has 2 rings (SSSR count). The minimum atomic E-state index is -2.34. The number of allylic oxidation sites excluding steroid dienone is 1. The molecule has 0 fully saturated rings. The Hall–Kier alpha value is -2.87. The van der Waals surface area contributed by atoms with Gasteiger partial charge in [-0.15, -0.1) is 0 Å². The van der Waals surface area contributed by atoms with Crippen molar-refractivity contribution in [2.45, 2.75) is 32.0 Å². The van der Waals surface area contributed by atoms with Crippen molar-refractivity contribution < 1.29 is 38.8 Å². The van der Waals surface area contributed by atoms with E-state index >= 15 is 0 Å². The maximum absolute atomic E-state index is 12.1. The van der Waals surface area contributed by atoms with Crippen molar-refractivity contribution in [1.82, 2.24) is 0 Å². The summed E-state index contributed by atoms with van der Waals surface area (Å²) in [6.07, 6.45) is 1.24. The number of carbonyl (C=O) groups excluding carboxylic acids is 2. The van der Waals surface area contributed by atoms with Crippen LogP contribution >= 0.6 is 0 Å². The largest absolute Gasteiger partial charge is 0.478 e. The van der Waals surface area contributed by atoms with Crippen molar-refractivity contribution >= 4 is 17.9 Å². The molecule has 26 heavy (non-hydrogen) atoms. The Morgan fingerprint density at radius 3 is 2.31 bits per heavy atom. The molecular weight excluding hydrogens is 344 g/mol. The number of aromatic carboxylic acids is 1. The zero-order valence-corrected chi connectivity index (χ0v) is 14.4. The summed E-state index contributed by atoms with van der Waals surface area (Å²) < 4.78 is 14.9. The minimum absolute atomic E-state index is 0.0287. The zero-order chi connectivity index (χ0) is 19.3. The van der Waals surface area contributed by atoms with Crippen LogP contribution in [0.2, 0.25) is 0 Å².